The van der Waals surface area contributed by atoms with E-state index in [1.165, 1.54) is 7.11 Å². The topological polar surface area (TPSA) is 106 Å². The molecule has 3 N–H and O–H groups in total. The summed E-state index contributed by atoms with van der Waals surface area (Å²) in [7, 11) is 1.25. The monoisotopic (exact) mass is 442 g/mol. The van der Waals surface area contributed by atoms with Crippen LogP contribution in [0.25, 0.3) is 0 Å². The quantitative estimate of drug-likeness (QED) is 0.680. The van der Waals surface area contributed by atoms with Crippen molar-refractivity contribution in [3.05, 3.63) is 49.4 Å². The minimum Gasteiger partial charge on any atom is -0.506 e. The minimum absolute atomic E-state index is 0.0107. The summed E-state index contributed by atoms with van der Waals surface area (Å²) >= 11 is 6.47. The van der Waals surface area contributed by atoms with Crippen molar-refractivity contribution in [1.29, 1.82) is 5.26 Å². The lowest BCUT2D eigenvalue weighted by atomic mass is 9.83. The van der Waals surface area contributed by atoms with Gasteiger partial charge in [-0.3, -0.25) is 0 Å². The Morgan fingerprint density at radius 1 is 1.43 bits per heavy atom. The molecule has 6 nitrogen and oxygen atoms in total. The molecule has 23 heavy (non-hydrogen) atoms. The number of benzene rings is 1. The highest BCUT2D eigenvalue weighted by Gasteiger charge is 2.36. The number of nitrogens with zero attached hydrogens (tertiary/aromatic N) is 1. The van der Waals surface area contributed by atoms with Crippen LogP contribution in [0.3, 0.4) is 0 Å². The molecule has 1 unspecified atom stereocenters. The third-order valence-electron chi connectivity index (χ3n) is 3.38. The number of phenolic OH excluding ortho intramolecular Hbond substituents is 1. The molecule has 1 aliphatic rings. The van der Waals surface area contributed by atoms with E-state index in [9.17, 15) is 15.2 Å². The molecule has 2 rings (SSSR count). The number of allylic oxidation sites excluding steroid dienone is 2. The van der Waals surface area contributed by atoms with Crippen LogP contribution in [0.4, 0.5) is 0 Å². The zero-order chi connectivity index (χ0) is 17.3. The Labute approximate surface area is 149 Å². The van der Waals surface area contributed by atoms with Crippen LogP contribution in [-0.2, 0) is 14.3 Å². The van der Waals surface area contributed by atoms with Crippen molar-refractivity contribution in [2.75, 3.05) is 7.11 Å². The number of hydrogen-bond acceptors (Lipinski definition) is 6. The van der Waals surface area contributed by atoms with Crippen molar-refractivity contribution in [3.63, 3.8) is 0 Å². The molecule has 0 radical (unpaired) electrons. The average molecular weight is 444 g/mol. The number of nitrogens with two attached hydrogens (primary N) is 1. The molecule has 120 valence electrons. The van der Waals surface area contributed by atoms with Gasteiger partial charge in [0.25, 0.3) is 0 Å². The van der Waals surface area contributed by atoms with E-state index in [0.717, 1.165) is 0 Å². The first-order valence-electron chi connectivity index (χ1n) is 6.36. The summed E-state index contributed by atoms with van der Waals surface area (Å²) in [6.45, 7) is 1.57. The number of phenols is 1. The zero-order valence-electron chi connectivity index (χ0n) is 12.2. The Kier molecular flexibility index (Phi) is 5.02. The van der Waals surface area contributed by atoms with Gasteiger partial charge in [-0.1, -0.05) is 0 Å². The highest BCUT2D eigenvalue weighted by Crippen LogP contribution is 2.43. The van der Waals surface area contributed by atoms with Gasteiger partial charge in [0.2, 0.25) is 5.88 Å². The summed E-state index contributed by atoms with van der Waals surface area (Å²) in [5.74, 6) is -1.17. The predicted molar refractivity (Wildman–Crippen MR) is 88.9 cm³/mol. The third kappa shape index (κ3) is 3.07. The molecule has 1 aliphatic heterocycles. The highest BCUT2D eigenvalue weighted by molar-refractivity contribution is 9.11. The lowest BCUT2D eigenvalue weighted by molar-refractivity contribution is -0.136. The van der Waals surface area contributed by atoms with Crippen LogP contribution in [0, 0.1) is 11.3 Å². The summed E-state index contributed by atoms with van der Waals surface area (Å²) in [4.78, 5) is 12.2. The predicted octanol–water partition coefficient (Wildman–Crippen LogP) is 3.17. The molecular weight excluding hydrogens is 432 g/mol. The van der Waals surface area contributed by atoms with Crippen molar-refractivity contribution >= 4 is 37.8 Å². The van der Waals surface area contributed by atoms with Gasteiger partial charge in [-0.15, -0.1) is 0 Å². The lowest BCUT2D eigenvalue weighted by Crippen LogP contribution is -2.25. The van der Waals surface area contributed by atoms with Crippen LogP contribution in [0.1, 0.15) is 18.4 Å². The molecule has 0 bridgehead atoms. The molecule has 1 atom stereocenters. The maximum atomic E-state index is 12.2. The summed E-state index contributed by atoms with van der Waals surface area (Å²) in [5, 5.41) is 19.3. The number of carbonyl (C=O) groups excluding carboxylic acids is 1. The second-order valence-corrected chi connectivity index (χ2v) is 6.43. The van der Waals surface area contributed by atoms with E-state index in [-0.39, 0.29) is 28.5 Å². The van der Waals surface area contributed by atoms with Crippen molar-refractivity contribution in [3.8, 4) is 11.8 Å². The first-order chi connectivity index (χ1) is 10.8. The summed E-state index contributed by atoms with van der Waals surface area (Å²) in [6, 6.07) is 5.20. The minimum atomic E-state index is -0.755. The van der Waals surface area contributed by atoms with Gasteiger partial charge < -0.3 is 20.3 Å². The molecular formula is C15H12Br2N2O4. The number of hydrogen-bond donors (Lipinski definition) is 2. The average Bonchev–Trinajstić information content (AvgIpc) is 2.50. The second kappa shape index (κ2) is 6.64. The van der Waals surface area contributed by atoms with Gasteiger partial charge in [-0.25, -0.2) is 4.79 Å². The Hall–Kier alpha value is -1.98. The Morgan fingerprint density at radius 3 is 2.48 bits per heavy atom. The molecule has 1 aromatic rings. The largest absolute Gasteiger partial charge is 0.506 e. The summed E-state index contributed by atoms with van der Waals surface area (Å²) in [6.07, 6.45) is 0. The fourth-order valence-corrected chi connectivity index (χ4v) is 3.56. The van der Waals surface area contributed by atoms with E-state index in [0.29, 0.717) is 14.5 Å². The number of halogens is 2. The maximum absolute atomic E-state index is 12.2. The molecule has 0 fully saturated rings. The molecule has 0 aliphatic carbocycles. The van der Waals surface area contributed by atoms with E-state index < -0.39 is 11.9 Å². The molecule has 0 saturated carbocycles. The van der Waals surface area contributed by atoms with Crippen LogP contribution in [-0.4, -0.2) is 18.2 Å². The van der Waals surface area contributed by atoms with E-state index in [1.54, 1.807) is 19.1 Å². The lowest BCUT2D eigenvalue weighted by Gasteiger charge is -2.27. The summed E-state index contributed by atoms with van der Waals surface area (Å²) in [5.41, 5.74) is 6.65. The Balaban J connectivity index is 2.73. The maximum Gasteiger partial charge on any atom is 0.338 e. The van der Waals surface area contributed by atoms with Crippen LogP contribution >= 0.6 is 31.9 Å². The molecule has 0 spiro atoms. The van der Waals surface area contributed by atoms with Gasteiger partial charge in [0.05, 0.1) is 27.5 Å². The molecule has 1 heterocycles. The van der Waals surface area contributed by atoms with Gasteiger partial charge in [-0.2, -0.15) is 5.26 Å². The first-order valence-corrected chi connectivity index (χ1v) is 7.95. The number of aromatic hydroxyl groups is 1. The van der Waals surface area contributed by atoms with E-state index in [2.05, 4.69) is 31.9 Å². The van der Waals surface area contributed by atoms with Gasteiger partial charge in [-0.05, 0) is 56.5 Å². The molecule has 0 amide bonds. The van der Waals surface area contributed by atoms with Gasteiger partial charge >= 0.3 is 5.97 Å². The number of methoxy groups -OCH3 is 1. The standard InChI is InChI=1S/C15H12Br2N2O4/c1-6-11(15(21)22-2)12(8(5-18)14(19)23-6)7-3-9(16)13(20)10(17)4-7/h3-4,12,20H,19H2,1-2H3. The molecule has 8 heteroatoms. The van der Waals surface area contributed by atoms with E-state index in [1.807, 2.05) is 6.07 Å². The Morgan fingerprint density at radius 2 is 2.00 bits per heavy atom. The molecule has 0 saturated heterocycles. The number of rotatable bonds is 2. The first kappa shape index (κ1) is 17.4. The third-order valence-corrected chi connectivity index (χ3v) is 4.59. The van der Waals surface area contributed by atoms with Gasteiger partial charge in [0.1, 0.15) is 23.2 Å². The van der Waals surface area contributed by atoms with Crippen LogP contribution < -0.4 is 5.73 Å². The number of esters is 1. The van der Waals surface area contributed by atoms with Crippen molar-refractivity contribution in [2.45, 2.75) is 12.8 Å². The van der Waals surface area contributed by atoms with Crippen molar-refractivity contribution in [2.24, 2.45) is 5.73 Å². The summed E-state index contributed by atoms with van der Waals surface area (Å²) < 4.78 is 10.9. The zero-order valence-corrected chi connectivity index (χ0v) is 15.4. The van der Waals surface area contributed by atoms with Crippen molar-refractivity contribution in [1.82, 2.24) is 0 Å². The van der Waals surface area contributed by atoms with Crippen LogP contribution in [0.5, 0.6) is 5.75 Å². The van der Waals surface area contributed by atoms with Crippen molar-refractivity contribution < 1.29 is 19.4 Å². The normalized spacial score (nSPS) is 17.6. The van der Waals surface area contributed by atoms with Gasteiger partial charge in [0, 0.05) is 0 Å². The smallest absolute Gasteiger partial charge is 0.338 e. The molecule has 1 aromatic carbocycles. The number of ether oxygens (including phenoxy) is 2. The Bertz CT molecular complexity index is 770. The number of carbonyl (C=O) groups is 1. The van der Waals surface area contributed by atoms with E-state index in [4.69, 9.17) is 15.2 Å². The van der Waals surface area contributed by atoms with E-state index >= 15 is 0 Å². The van der Waals surface area contributed by atoms with Gasteiger partial charge in [0.15, 0.2) is 0 Å². The number of nitriles is 1. The molecule has 0 aromatic heterocycles. The fourth-order valence-electron chi connectivity index (χ4n) is 2.34. The fraction of sp³-hybridized carbons (Fsp3) is 0.200. The second-order valence-electron chi connectivity index (χ2n) is 4.72. The SMILES string of the molecule is COC(=O)C1=C(C)OC(N)=C(C#N)C1c1cc(Br)c(O)c(Br)c1. The van der Waals surface area contributed by atoms with Crippen LogP contribution in [0.2, 0.25) is 0 Å². The van der Waals surface area contributed by atoms with Crippen LogP contribution in [0.15, 0.2) is 43.9 Å². The highest BCUT2D eigenvalue weighted by atomic mass is 79.9.